The fraction of sp³-hybridized carbons (Fsp3) is 0.400. The lowest BCUT2D eigenvalue weighted by Crippen LogP contribution is -2.34. The molecule has 0 spiro atoms. The normalized spacial score (nSPS) is 21.0. The van der Waals surface area contributed by atoms with Crippen LogP contribution in [0, 0.1) is 11.8 Å². The maximum atomic E-state index is 13.0. The third-order valence-electron chi connectivity index (χ3n) is 4.00. The van der Waals surface area contributed by atoms with E-state index in [9.17, 15) is 22.8 Å². The van der Waals surface area contributed by atoms with Crippen molar-refractivity contribution in [3.63, 3.8) is 0 Å². The van der Waals surface area contributed by atoms with E-state index in [2.05, 4.69) is 4.98 Å². The van der Waals surface area contributed by atoms with E-state index in [4.69, 9.17) is 5.11 Å². The van der Waals surface area contributed by atoms with Crippen molar-refractivity contribution < 1.29 is 27.9 Å². The number of carboxylic acid groups (broad SMARTS) is 1. The zero-order valence-corrected chi connectivity index (χ0v) is 14.3. The summed E-state index contributed by atoms with van der Waals surface area (Å²) < 4.78 is 40.5. The van der Waals surface area contributed by atoms with Crippen LogP contribution in [0.3, 0.4) is 0 Å². The fourth-order valence-electron chi connectivity index (χ4n) is 2.72. The van der Waals surface area contributed by atoms with Gasteiger partial charge >= 0.3 is 12.1 Å². The van der Waals surface area contributed by atoms with Crippen molar-refractivity contribution in [2.24, 2.45) is 11.8 Å². The number of nitrogens with zero attached hydrogens (tertiary/aromatic N) is 2. The Kier molecular flexibility index (Phi) is 4.92. The van der Waals surface area contributed by atoms with Crippen LogP contribution in [0.4, 0.5) is 13.2 Å². The first-order chi connectivity index (χ1) is 11.8. The quantitative estimate of drug-likeness (QED) is 0.813. The SMILES string of the molecule is O=C(O)[C@@H]1CN(C(=O)CSc2nc3ccccc3s2)C[C@H]1C(F)(F)F. The first kappa shape index (κ1) is 18.0. The summed E-state index contributed by atoms with van der Waals surface area (Å²) in [6.07, 6.45) is -4.64. The van der Waals surface area contributed by atoms with Crippen molar-refractivity contribution in [2.45, 2.75) is 10.5 Å². The van der Waals surface area contributed by atoms with E-state index in [1.165, 1.54) is 11.3 Å². The predicted octanol–water partition coefficient (Wildman–Crippen LogP) is 3.11. The number of thioether (sulfide) groups is 1. The number of hydrogen-bond donors (Lipinski definition) is 1. The van der Waals surface area contributed by atoms with E-state index >= 15 is 0 Å². The maximum absolute atomic E-state index is 13.0. The van der Waals surface area contributed by atoms with Gasteiger partial charge in [0.25, 0.3) is 0 Å². The average Bonchev–Trinajstić information content (AvgIpc) is 3.16. The Morgan fingerprint density at radius 2 is 2.04 bits per heavy atom. The van der Waals surface area contributed by atoms with E-state index < -0.39 is 43.0 Å². The molecule has 0 bridgehead atoms. The summed E-state index contributed by atoms with van der Waals surface area (Å²) in [5, 5.41) is 8.98. The minimum absolute atomic E-state index is 0.0727. The molecule has 1 aliphatic rings. The lowest BCUT2D eigenvalue weighted by molar-refractivity contribution is -0.188. The van der Waals surface area contributed by atoms with Crippen LogP contribution in [0.5, 0.6) is 0 Å². The highest BCUT2D eigenvalue weighted by Crippen LogP contribution is 2.38. The Morgan fingerprint density at radius 1 is 1.32 bits per heavy atom. The number of halogens is 3. The Morgan fingerprint density at radius 3 is 2.64 bits per heavy atom. The van der Waals surface area contributed by atoms with Gasteiger partial charge in [0.1, 0.15) is 0 Å². The van der Waals surface area contributed by atoms with Gasteiger partial charge in [0, 0.05) is 13.1 Å². The van der Waals surface area contributed by atoms with Gasteiger partial charge in [0.05, 0.1) is 27.8 Å². The van der Waals surface area contributed by atoms with Crippen molar-refractivity contribution in [3.8, 4) is 0 Å². The molecule has 1 aromatic heterocycles. The molecule has 1 aliphatic heterocycles. The average molecular weight is 390 g/mol. The molecule has 0 unspecified atom stereocenters. The summed E-state index contributed by atoms with van der Waals surface area (Å²) in [7, 11) is 0. The summed E-state index contributed by atoms with van der Waals surface area (Å²) >= 11 is 2.55. The number of alkyl halides is 3. The van der Waals surface area contributed by atoms with Gasteiger partial charge in [-0.2, -0.15) is 13.2 Å². The highest BCUT2D eigenvalue weighted by Gasteiger charge is 2.53. The molecular formula is C15H13F3N2O3S2. The molecule has 0 aliphatic carbocycles. The summed E-state index contributed by atoms with van der Waals surface area (Å²) in [6, 6.07) is 7.44. The molecule has 2 atom stereocenters. The number of carboxylic acids is 1. The molecule has 1 aromatic carbocycles. The summed E-state index contributed by atoms with van der Waals surface area (Å²) in [4.78, 5) is 28.6. The van der Waals surface area contributed by atoms with E-state index in [0.29, 0.717) is 4.34 Å². The van der Waals surface area contributed by atoms with Gasteiger partial charge in [0.2, 0.25) is 5.91 Å². The van der Waals surface area contributed by atoms with Crippen molar-refractivity contribution in [1.82, 2.24) is 9.88 Å². The standard InChI is InChI=1S/C15H13F3N2O3S2/c16-15(17,18)9-6-20(5-8(9)13(22)23)12(21)7-24-14-19-10-3-1-2-4-11(10)25-14/h1-4,8-9H,5-7H2,(H,22,23)/t8-,9-/m1/s1. The number of para-hydroxylation sites is 1. The number of carbonyl (C=O) groups excluding carboxylic acids is 1. The Hall–Kier alpha value is -1.81. The van der Waals surface area contributed by atoms with Gasteiger partial charge in [-0.15, -0.1) is 11.3 Å². The minimum Gasteiger partial charge on any atom is -0.481 e. The molecule has 10 heteroatoms. The Balaban J connectivity index is 1.64. The van der Waals surface area contributed by atoms with Gasteiger partial charge < -0.3 is 10.0 Å². The summed E-state index contributed by atoms with van der Waals surface area (Å²) in [5.74, 6) is -5.76. The van der Waals surface area contributed by atoms with Crippen molar-refractivity contribution in [2.75, 3.05) is 18.8 Å². The second-order valence-electron chi connectivity index (χ2n) is 5.63. The third-order valence-corrected chi connectivity index (χ3v) is 6.17. The van der Waals surface area contributed by atoms with Crippen LogP contribution in [-0.4, -0.2) is 51.9 Å². The molecule has 1 fully saturated rings. The van der Waals surface area contributed by atoms with Gasteiger partial charge in [-0.05, 0) is 12.1 Å². The van der Waals surface area contributed by atoms with Crippen LogP contribution >= 0.6 is 23.1 Å². The Bertz CT molecular complexity index is 776. The lowest BCUT2D eigenvalue weighted by Gasteiger charge is -2.18. The highest BCUT2D eigenvalue weighted by molar-refractivity contribution is 8.01. The monoisotopic (exact) mass is 390 g/mol. The second kappa shape index (κ2) is 6.83. The van der Waals surface area contributed by atoms with Gasteiger partial charge in [-0.1, -0.05) is 23.9 Å². The number of aromatic nitrogens is 1. The first-order valence-corrected chi connectivity index (χ1v) is 9.11. The van der Waals surface area contributed by atoms with Crippen molar-refractivity contribution in [1.29, 1.82) is 0 Å². The number of amides is 1. The van der Waals surface area contributed by atoms with Crippen LogP contribution in [0.25, 0.3) is 10.2 Å². The molecule has 1 N–H and O–H groups in total. The molecule has 1 saturated heterocycles. The van der Waals surface area contributed by atoms with E-state index in [0.717, 1.165) is 26.9 Å². The van der Waals surface area contributed by atoms with Crippen molar-refractivity contribution >= 4 is 45.2 Å². The van der Waals surface area contributed by atoms with Crippen molar-refractivity contribution in [3.05, 3.63) is 24.3 Å². The first-order valence-electron chi connectivity index (χ1n) is 7.31. The molecule has 3 rings (SSSR count). The van der Waals surface area contributed by atoms with Gasteiger partial charge in [-0.25, -0.2) is 4.98 Å². The molecule has 5 nitrogen and oxygen atoms in total. The third kappa shape index (κ3) is 3.90. The predicted molar refractivity (Wildman–Crippen MR) is 87.6 cm³/mol. The smallest absolute Gasteiger partial charge is 0.394 e. The zero-order chi connectivity index (χ0) is 18.2. The number of rotatable bonds is 4. The highest BCUT2D eigenvalue weighted by atomic mass is 32.2. The van der Waals surface area contributed by atoms with Crippen LogP contribution in [0.15, 0.2) is 28.6 Å². The van der Waals surface area contributed by atoms with Crippen LogP contribution < -0.4 is 0 Å². The maximum Gasteiger partial charge on any atom is 0.394 e. The van der Waals surface area contributed by atoms with E-state index in [-0.39, 0.29) is 5.75 Å². The number of carbonyl (C=O) groups is 2. The van der Waals surface area contributed by atoms with Crippen LogP contribution in [0.1, 0.15) is 0 Å². The van der Waals surface area contributed by atoms with Crippen LogP contribution in [0.2, 0.25) is 0 Å². The van der Waals surface area contributed by atoms with E-state index in [1.807, 2.05) is 24.3 Å². The van der Waals surface area contributed by atoms with E-state index in [1.54, 1.807) is 0 Å². The Labute approximate surface area is 148 Å². The van der Waals surface area contributed by atoms with Gasteiger partial charge in [-0.3, -0.25) is 9.59 Å². The molecule has 0 radical (unpaired) electrons. The molecule has 1 amide bonds. The summed E-state index contributed by atoms with van der Waals surface area (Å²) in [6.45, 7) is -1.03. The molecule has 2 heterocycles. The topological polar surface area (TPSA) is 70.5 Å². The molecule has 25 heavy (non-hydrogen) atoms. The van der Waals surface area contributed by atoms with Crippen LogP contribution in [-0.2, 0) is 9.59 Å². The lowest BCUT2D eigenvalue weighted by atomic mass is 9.96. The second-order valence-corrected chi connectivity index (χ2v) is 7.88. The molecule has 0 saturated carbocycles. The number of likely N-dealkylation sites (tertiary alicyclic amines) is 1. The minimum atomic E-state index is -4.64. The van der Waals surface area contributed by atoms with Gasteiger partial charge in [0.15, 0.2) is 4.34 Å². The fourth-order valence-corrected chi connectivity index (χ4v) is 4.69. The molecular weight excluding hydrogens is 377 g/mol. The zero-order valence-electron chi connectivity index (χ0n) is 12.7. The summed E-state index contributed by atoms with van der Waals surface area (Å²) in [5.41, 5.74) is 0.798. The number of benzene rings is 1. The number of thiazole rings is 1. The molecule has 134 valence electrons. The number of aliphatic carboxylic acids is 1. The molecule has 2 aromatic rings. The largest absolute Gasteiger partial charge is 0.481 e. The number of hydrogen-bond acceptors (Lipinski definition) is 5. The number of fused-ring (bicyclic) bond motifs is 1.